The number of phenolic OH excluding ortho intramolecular Hbond substituents is 1. The smallest absolute Gasteiger partial charge is 0.294 e. The zero-order chi connectivity index (χ0) is 21.7. The van der Waals surface area contributed by atoms with Crippen molar-refractivity contribution in [3.8, 4) is 5.75 Å². The number of aliphatic hydroxyl groups is 1. The summed E-state index contributed by atoms with van der Waals surface area (Å²) in [6.45, 7) is 4.88. The molecule has 0 aliphatic carbocycles. The van der Waals surface area contributed by atoms with E-state index in [-0.39, 0.29) is 22.0 Å². The molecule has 0 radical (unpaired) electrons. The number of Topliss-reactive ketones (excluding diaryl/α,β-unsaturated/α-hetero) is 1. The Bertz CT molecular complexity index is 1060. The molecule has 1 heterocycles. The molecule has 3 rings (SSSR count). The molecule has 2 N–H and O–H groups in total. The third-order valence-corrected chi connectivity index (χ3v) is 4.91. The van der Waals surface area contributed by atoms with Gasteiger partial charge in [0, 0.05) is 17.2 Å². The van der Waals surface area contributed by atoms with Crippen molar-refractivity contribution in [3.63, 3.8) is 0 Å². The minimum Gasteiger partial charge on any atom is -0.506 e. The van der Waals surface area contributed by atoms with Crippen LogP contribution in [0.3, 0.4) is 0 Å². The molecule has 1 aliphatic heterocycles. The Kier molecular flexibility index (Phi) is 5.13. The summed E-state index contributed by atoms with van der Waals surface area (Å²) < 4.78 is 27.2. The van der Waals surface area contributed by atoms with Crippen molar-refractivity contribution in [1.29, 1.82) is 0 Å². The number of nitrogens with zero attached hydrogens (tertiary/aromatic N) is 1. The van der Waals surface area contributed by atoms with E-state index in [0.717, 1.165) is 17.0 Å². The summed E-state index contributed by atoms with van der Waals surface area (Å²) in [5, 5.41) is 20.2. The summed E-state index contributed by atoms with van der Waals surface area (Å²) in [5.41, 5.74) is -0.866. The van der Waals surface area contributed by atoms with Crippen molar-refractivity contribution in [3.05, 3.63) is 70.0 Å². The number of amides is 1. The number of anilines is 1. The van der Waals surface area contributed by atoms with Crippen molar-refractivity contribution in [2.45, 2.75) is 26.8 Å². The Morgan fingerprint density at radius 1 is 1.07 bits per heavy atom. The van der Waals surface area contributed by atoms with Crippen molar-refractivity contribution in [2.75, 3.05) is 4.90 Å². The van der Waals surface area contributed by atoms with Gasteiger partial charge < -0.3 is 10.2 Å². The van der Waals surface area contributed by atoms with E-state index >= 15 is 0 Å². The maximum Gasteiger partial charge on any atom is 0.294 e. The lowest BCUT2D eigenvalue weighted by Gasteiger charge is -2.29. The molecule has 0 spiro atoms. The van der Waals surface area contributed by atoms with Gasteiger partial charge in [-0.05, 0) is 29.8 Å². The third-order valence-electron chi connectivity index (χ3n) is 4.60. The molecule has 5 nitrogen and oxygen atoms in total. The first kappa shape index (κ1) is 20.8. The molecule has 1 amide bonds. The average Bonchev–Trinajstić information content (AvgIpc) is 2.89. The Morgan fingerprint density at radius 2 is 1.72 bits per heavy atom. The molecule has 0 bridgehead atoms. The van der Waals surface area contributed by atoms with Crippen LogP contribution in [0.4, 0.5) is 14.5 Å². The third kappa shape index (κ3) is 3.58. The predicted octanol–water partition coefficient (Wildman–Crippen LogP) is 4.84. The highest BCUT2D eigenvalue weighted by Gasteiger charge is 2.46. The summed E-state index contributed by atoms with van der Waals surface area (Å²) in [4.78, 5) is 26.9. The van der Waals surface area contributed by atoms with Crippen LogP contribution in [0.5, 0.6) is 5.75 Å². The first-order valence-corrected chi connectivity index (χ1v) is 9.06. The largest absolute Gasteiger partial charge is 0.506 e. The minimum absolute atomic E-state index is 0.0332. The molecule has 1 aliphatic rings. The van der Waals surface area contributed by atoms with Crippen molar-refractivity contribution >= 4 is 29.0 Å². The van der Waals surface area contributed by atoms with Gasteiger partial charge >= 0.3 is 0 Å². The maximum atomic E-state index is 13.8. The topological polar surface area (TPSA) is 77.8 Å². The fourth-order valence-electron chi connectivity index (χ4n) is 3.15. The highest BCUT2D eigenvalue weighted by Crippen LogP contribution is 2.44. The van der Waals surface area contributed by atoms with Gasteiger partial charge in [0.2, 0.25) is 0 Å². The van der Waals surface area contributed by atoms with Gasteiger partial charge in [-0.2, -0.15) is 0 Å². The number of carbonyl (C=O) groups is 2. The molecule has 0 fully saturated rings. The zero-order valence-corrected chi connectivity index (χ0v) is 16.6. The number of aliphatic hydroxyl groups excluding tert-OH is 1. The molecule has 152 valence electrons. The Hall–Kier alpha value is -2.93. The second-order valence-corrected chi connectivity index (χ2v) is 8.14. The summed E-state index contributed by atoms with van der Waals surface area (Å²) in [6, 6.07) is 5.73. The Balaban J connectivity index is 2.25. The van der Waals surface area contributed by atoms with Gasteiger partial charge in [0.05, 0.1) is 16.6 Å². The maximum absolute atomic E-state index is 13.8. The van der Waals surface area contributed by atoms with Gasteiger partial charge in [-0.1, -0.05) is 38.4 Å². The van der Waals surface area contributed by atoms with Crippen LogP contribution >= 0.6 is 11.6 Å². The van der Waals surface area contributed by atoms with Crippen LogP contribution in [0.25, 0.3) is 0 Å². The highest BCUT2D eigenvalue weighted by atomic mass is 35.5. The van der Waals surface area contributed by atoms with Crippen molar-refractivity contribution in [1.82, 2.24) is 0 Å². The highest BCUT2D eigenvalue weighted by molar-refractivity contribution is 6.32. The van der Waals surface area contributed by atoms with Crippen LogP contribution in [0.2, 0.25) is 5.02 Å². The van der Waals surface area contributed by atoms with Gasteiger partial charge in [-0.3, -0.25) is 14.5 Å². The van der Waals surface area contributed by atoms with E-state index in [1.54, 1.807) is 20.8 Å². The number of hydrogen-bond donors (Lipinski definition) is 2. The molecule has 1 unspecified atom stereocenters. The fourth-order valence-corrected chi connectivity index (χ4v) is 3.34. The zero-order valence-electron chi connectivity index (χ0n) is 15.8. The van der Waals surface area contributed by atoms with Crippen LogP contribution in [0.1, 0.15) is 32.4 Å². The van der Waals surface area contributed by atoms with Gasteiger partial charge in [-0.15, -0.1) is 0 Å². The number of ketones is 1. The van der Waals surface area contributed by atoms with Gasteiger partial charge in [0.15, 0.2) is 23.2 Å². The molecular formula is C21H18ClF2NO4. The quantitative estimate of drug-likeness (QED) is 0.743. The Labute approximate surface area is 170 Å². The number of benzene rings is 2. The van der Waals surface area contributed by atoms with E-state index in [1.807, 2.05) is 0 Å². The van der Waals surface area contributed by atoms with Crippen molar-refractivity contribution < 1.29 is 28.6 Å². The minimum atomic E-state index is -1.19. The van der Waals surface area contributed by atoms with Crippen LogP contribution in [-0.4, -0.2) is 21.9 Å². The molecular weight excluding hydrogens is 404 g/mol. The fraction of sp³-hybridized carbons (Fsp3) is 0.238. The lowest BCUT2D eigenvalue weighted by molar-refractivity contribution is -0.123. The second-order valence-electron chi connectivity index (χ2n) is 7.73. The first-order valence-electron chi connectivity index (χ1n) is 8.68. The number of hydrogen-bond acceptors (Lipinski definition) is 4. The molecule has 2 aromatic carbocycles. The van der Waals surface area contributed by atoms with Crippen LogP contribution < -0.4 is 4.90 Å². The number of phenols is 1. The standard InChI is InChI=1S/C21H18ClF2NO4/c1-21(2,3)19(28)16-17(10-4-7-15(26)12(22)8-10)25(20(29)18(16)27)11-5-6-13(23)14(24)9-11/h4-9,17,26-27H,1-3H3. The molecule has 0 saturated heterocycles. The van der Waals surface area contributed by atoms with E-state index in [9.17, 15) is 28.6 Å². The van der Waals surface area contributed by atoms with E-state index in [2.05, 4.69) is 0 Å². The molecule has 8 heteroatoms. The first-order chi connectivity index (χ1) is 13.4. The van der Waals surface area contributed by atoms with Crippen LogP contribution in [0.15, 0.2) is 47.7 Å². The molecule has 0 saturated carbocycles. The van der Waals surface area contributed by atoms with Crippen LogP contribution in [-0.2, 0) is 9.59 Å². The molecule has 2 aromatic rings. The van der Waals surface area contributed by atoms with E-state index in [0.29, 0.717) is 5.56 Å². The summed E-state index contributed by atoms with van der Waals surface area (Å²) >= 11 is 6.00. The van der Waals surface area contributed by atoms with Crippen LogP contribution in [0, 0.1) is 17.0 Å². The summed E-state index contributed by atoms with van der Waals surface area (Å²) in [7, 11) is 0. The summed E-state index contributed by atoms with van der Waals surface area (Å²) in [5.74, 6) is -4.71. The van der Waals surface area contributed by atoms with Gasteiger partial charge in [0.1, 0.15) is 5.75 Å². The number of rotatable bonds is 3. The lowest BCUT2D eigenvalue weighted by atomic mass is 9.82. The normalized spacial score (nSPS) is 17.2. The van der Waals surface area contributed by atoms with Gasteiger partial charge in [-0.25, -0.2) is 8.78 Å². The summed E-state index contributed by atoms with van der Waals surface area (Å²) in [6.07, 6.45) is 0. The number of carbonyl (C=O) groups excluding carboxylic acids is 2. The van der Waals surface area contributed by atoms with E-state index in [4.69, 9.17) is 11.6 Å². The SMILES string of the molecule is CC(C)(C)C(=O)C1=C(O)C(=O)N(c2ccc(F)c(F)c2)C1c1ccc(O)c(Cl)c1. The van der Waals surface area contributed by atoms with Gasteiger partial charge in [0.25, 0.3) is 5.91 Å². The monoisotopic (exact) mass is 421 g/mol. The van der Waals surface area contributed by atoms with E-state index < -0.39 is 40.5 Å². The second kappa shape index (κ2) is 7.15. The molecule has 0 aromatic heterocycles. The lowest BCUT2D eigenvalue weighted by Crippen LogP contribution is -2.33. The number of halogens is 3. The van der Waals surface area contributed by atoms with E-state index in [1.165, 1.54) is 24.3 Å². The number of aromatic hydroxyl groups is 1. The molecule has 29 heavy (non-hydrogen) atoms. The predicted molar refractivity (Wildman–Crippen MR) is 104 cm³/mol. The Morgan fingerprint density at radius 3 is 2.28 bits per heavy atom. The average molecular weight is 422 g/mol. The van der Waals surface area contributed by atoms with Crippen molar-refractivity contribution in [2.24, 2.45) is 5.41 Å². The molecule has 1 atom stereocenters.